The molecule has 0 spiro atoms. The highest BCUT2D eigenvalue weighted by atomic mass is 16.6. The SMILES string of the molecule is CN(CCC(=O)O)C(C#N)c1cccc([N+](=O)[O-])c1. The number of non-ortho nitro benzene ring substituents is 1. The molecule has 1 rings (SSSR count). The van der Waals surface area contributed by atoms with E-state index >= 15 is 0 Å². The predicted molar refractivity (Wildman–Crippen MR) is 66.3 cm³/mol. The average molecular weight is 263 g/mol. The summed E-state index contributed by atoms with van der Waals surface area (Å²) in [6, 6.07) is 7.09. The molecular weight excluding hydrogens is 250 g/mol. The lowest BCUT2D eigenvalue weighted by Crippen LogP contribution is -2.26. The quantitative estimate of drug-likeness (QED) is 0.616. The number of hydrogen-bond donors (Lipinski definition) is 1. The lowest BCUT2D eigenvalue weighted by molar-refractivity contribution is -0.384. The van der Waals surface area contributed by atoms with E-state index in [2.05, 4.69) is 0 Å². The summed E-state index contributed by atoms with van der Waals surface area (Å²) in [7, 11) is 1.61. The second kappa shape index (κ2) is 6.47. The molecule has 0 aliphatic heterocycles. The van der Waals surface area contributed by atoms with Gasteiger partial charge in [-0.05, 0) is 12.6 Å². The second-order valence-electron chi connectivity index (χ2n) is 4.01. The van der Waals surface area contributed by atoms with Gasteiger partial charge in [-0.2, -0.15) is 5.26 Å². The first-order valence-electron chi connectivity index (χ1n) is 5.51. The number of nitrogens with zero attached hydrogens (tertiary/aromatic N) is 3. The minimum atomic E-state index is -0.956. The van der Waals surface area contributed by atoms with Gasteiger partial charge in [0.25, 0.3) is 5.69 Å². The maximum absolute atomic E-state index is 10.7. The lowest BCUT2D eigenvalue weighted by atomic mass is 10.1. The van der Waals surface area contributed by atoms with Crippen LogP contribution in [0, 0.1) is 21.4 Å². The number of nitro groups is 1. The summed E-state index contributed by atoms with van der Waals surface area (Å²) in [6.07, 6.45) is -0.0936. The van der Waals surface area contributed by atoms with Crippen molar-refractivity contribution < 1.29 is 14.8 Å². The molecule has 0 aliphatic carbocycles. The Labute approximate surface area is 109 Å². The van der Waals surface area contributed by atoms with Crippen molar-refractivity contribution in [2.45, 2.75) is 12.5 Å². The van der Waals surface area contributed by atoms with Gasteiger partial charge in [-0.1, -0.05) is 12.1 Å². The number of aliphatic carboxylic acids is 1. The van der Waals surface area contributed by atoms with Crippen molar-refractivity contribution in [3.63, 3.8) is 0 Å². The summed E-state index contributed by atoms with van der Waals surface area (Å²) >= 11 is 0. The molecule has 1 N–H and O–H groups in total. The van der Waals surface area contributed by atoms with Crippen LogP contribution in [0.5, 0.6) is 0 Å². The maximum Gasteiger partial charge on any atom is 0.304 e. The summed E-state index contributed by atoms with van der Waals surface area (Å²) in [6.45, 7) is 0.191. The normalized spacial score (nSPS) is 11.8. The van der Waals surface area contributed by atoms with Gasteiger partial charge in [-0.25, -0.2) is 0 Å². The van der Waals surface area contributed by atoms with Crippen LogP contribution < -0.4 is 0 Å². The molecule has 0 aromatic heterocycles. The first-order valence-corrected chi connectivity index (χ1v) is 5.51. The third-order valence-electron chi connectivity index (χ3n) is 2.64. The average Bonchev–Trinajstić information content (AvgIpc) is 2.37. The van der Waals surface area contributed by atoms with Gasteiger partial charge in [0, 0.05) is 18.7 Å². The highest BCUT2D eigenvalue weighted by molar-refractivity contribution is 5.66. The summed E-state index contributed by atoms with van der Waals surface area (Å²) in [4.78, 5) is 22.2. The van der Waals surface area contributed by atoms with Crippen molar-refractivity contribution in [1.82, 2.24) is 4.90 Å². The first-order chi connectivity index (χ1) is 8.95. The number of carboxylic acids is 1. The van der Waals surface area contributed by atoms with Crippen LogP contribution >= 0.6 is 0 Å². The Hall–Kier alpha value is -2.46. The summed E-state index contributed by atoms with van der Waals surface area (Å²) < 4.78 is 0. The van der Waals surface area contributed by atoms with Crippen LogP contribution in [-0.2, 0) is 4.79 Å². The van der Waals surface area contributed by atoms with Crippen LogP contribution in [0.3, 0.4) is 0 Å². The van der Waals surface area contributed by atoms with Crippen LogP contribution in [0.25, 0.3) is 0 Å². The Morgan fingerprint density at radius 2 is 2.32 bits per heavy atom. The van der Waals surface area contributed by atoms with Crippen LogP contribution in [0.1, 0.15) is 18.0 Å². The number of nitro benzene ring substituents is 1. The fourth-order valence-corrected chi connectivity index (χ4v) is 1.64. The Kier molecular flexibility index (Phi) is 4.97. The molecule has 1 atom stereocenters. The molecule has 0 fully saturated rings. The van der Waals surface area contributed by atoms with Crippen LogP contribution in [-0.4, -0.2) is 34.5 Å². The Balaban J connectivity index is 2.91. The van der Waals surface area contributed by atoms with E-state index in [0.717, 1.165) is 0 Å². The highest BCUT2D eigenvalue weighted by Gasteiger charge is 2.19. The zero-order chi connectivity index (χ0) is 14.4. The number of carbonyl (C=O) groups is 1. The van der Waals surface area contributed by atoms with Crippen LogP contribution in [0.15, 0.2) is 24.3 Å². The summed E-state index contributed by atoms with van der Waals surface area (Å²) in [5.41, 5.74) is 0.383. The third kappa shape index (κ3) is 4.04. The minimum Gasteiger partial charge on any atom is -0.481 e. The van der Waals surface area contributed by atoms with Crippen molar-refractivity contribution in [2.75, 3.05) is 13.6 Å². The van der Waals surface area contributed by atoms with Crippen molar-refractivity contribution >= 4 is 11.7 Å². The van der Waals surface area contributed by atoms with Crippen LogP contribution in [0.2, 0.25) is 0 Å². The highest BCUT2D eigenvalue weighted by Crippen LogP contribution is 2.22. The molecule has 1 aromatic carbocycles. The molecule has 0 saturated heterocycles. The number of rotatable bonds is 6. The van der Waals surface area contributed by atoms with E-state index in [-0.39, 0.29) is 18.7 Å². The zero-order valence-electron chi connectivity index (χ0n) is 10.3. The Bertz CT molecular complexity index is 524. The van der Waals surface area contributed by atoms with Gasteiger partial charge in [0.1, 0.15) is 6.04 Å². The molecule has 1 aromatic rings. The molecule has 7 nitrogen and oxygen atoms in total. The third-order valence-corrected chi connectivity index (χ3v) is 2.64. The monoisotopic (exact) mass is 263 g/mol. The molecule has 0 heterocycles. The number of benzene rings is 1. The van der Waals surface area contributed by atoms with Gasteiger partial charge in [-0.3, -0.25) is 19.8 Å². The molecule has 7 heteroatoms. The van der Waals surface area contributed by atoms with E-state index in [1.165, 1.54) is 18.2 Å². The smallest absolute Gasteiger partial charge is 0.304 e. The molecule has 0 saturated carbocycles. The zero-order valence-corrected chi connectivity index (χ0v) is 10.3. The number of nitriles is 1. The van der Waals surface area contributed by atoms with Crippen molar-refractivity contribution in [3.8, 4) is 6.07 Å². The van der Waals surface area contributed by atoms with Gasteiger partial charge < -0.3 is 5.11 Å². The Morgan fingerprint density at radius 3 is 2.84 bits per heavy atom. The topological polar surface area (TPSA) is 107 Å². The molecule has 0 bridgehead atoms. The standard InChI is InChI=1S/C12H13N3O4/c1-14(6-5-12(16)17)11(8-13)9-3-2-4-10(7-9)15(18)19/h2-4,7,11H,5-6H2,1H3,(H,16,17). The molecule has 0 radical (unpaired) electrons. The minimum absolute atomic E-state index is 0.0932. The van der Waals surface area contributed by atoms with Gasteiger partial charge in [-0.15, -0.1) is 0 Å². The van der Waals surface area contributed by atoms with Gasteiger partial charge in [0.2, 0.25) is 0 Å². The molecule has 19 heavy (non-hydrogen) atoms. The largest absolute Gasteiger partial charge is 0.481 e. The van der Waals surface area contributed by atoms with E-state index < -0.39 is 16.9 Å². The van der Waals surface area contributed by atoms with Gasteiger partial charge >= 0.3 is 5.97 Å². The van der Waals surface area contributed by atoms with Crippen molar-refractivity contribution in [3.05, 3.63) is 39.9 Å². The van der Waals surface area contributed by atoms with Gasteiger partial charge in [0.15, 0.2) is 0 Å². The lowest BCUT2D eigenvalue weighted by Gasteiger charge is -2.21. The molecule has 0 amide bonds. The fourth-order valence-electron chi connectivity index (χ4n) is 1.64. The van der Waals surface area contributed by atoms with E-state index in [4.69, 9.17) is 10.4 Å². The molecule has 1 unspecified atom stereocenters. The maximum atomic E-state index is 10.7. The van der Waals surface area contributed by atoms with Gasteiger partial charge in [0.05, 0.1) is 17.4 Å². The molecule has 100 valence electrons. The second-order valence-corrected chi connectivity index (χ2v) is 4.01. The fraction of sp³-hybridized carbons (Fsp3) is 0.333. The summed E-state index contributed by atoms with van der Waals surface area (Å²) in [5, 5.41) is 28.4. The Morgan fingerprint density at radius 1 is 1.63 bits per heavy atom. The molecular formula is C12H13N3O4. The van der Waals surface area contributed by atoms with Crippen molar-refractivity contribution in [1.29, 1.82) is 5.26 Å². The predicted octanol–water partition coefficient (Wildman–Crippen LogP) is 1.57. The van der Waals surface area contributed by atoms with E-state index in [0.29, 0.717) is 5.56 Å². The first kappa shape index (κ1) is 14.6. The van der Waals surface area contributed by atoms with E-state index in [1.807, 2.05) is 6.07 Å². The van der Waals surface area contributed by atoms with E-state index in [9.17, 15) is 14.9 Å². The van der Waals surface area contributed by atoms with E-state index in [1.54, 1.807) is 18.0 Å². The summed E-state index contributed by atoms with van der Waals surface area (Å²) in [5.74, 6) is -0.956. The van der Waals surface area contributed by atoms with Crippen molar-refractivity contribution in [2.24, 2.45) is 0 Å². The molecule has 0 aliphatic rings. The number of hydrogen-bond acceptors (Lipinski definition) is 5. The number of carboxylic acid groups (broad SMARTS) is 1. The van der Waals surface area contributed by atoms with Crippen LogP contribution in [0.4, 0.5) is 5.69 Å².